The first-order valence-corrected chi connectivity index (χ1v) is 11.8. The Morgan fingerprint density at radius 3 is 2.66 bits per heavy atom. The molecule has 0 unspecified atom stereocenters. The Morgan fingerprint density at radius 2 is 1.86 bits per heavy atom. The van der Waals surface area contributed by atoms with Gasteiger partial charge in [0.15, 0.2) is 11.0 Å². The molecular weight excluding hydrogens is 465 g/mol. The van der Waals surface area contributed by atoms with E-state index in [-0.39, 0.29) is 11.7 Å². The number of furan rings is 1. The number of aromatic nitrogens is 4. The van der Waals surface area contributed by atoms with E-state index in [2.05, 4.69) is 20.5 Å². The van der Waals surface area contributed by atoms with Crippen LogP contribution in [0.4, 0.5) is 4.39 Å². The van der Waals surface area contributed by atoms with Crippen molar-refractivity contribution in [3.8, 4) is 17.1 Å². The van der Waals surface area contributed by atoms with Crippen molar-refractivity contribution in [2.75, 3.05) is 0 Å². The Morgan fingerprint density at radius 1 is 1.00 bits per heavy atom. The predicted octanol–water partition coefficient (Wildman–Crippen LogP) is 5.28. The van der Waals surface area contributed by atoms with Crippen LogP contribution in [0.2, 0.25) is 0 Å². The van der Waals surface area contributed by atoms with E-state index in [1.165, 1.54) is 17.8 Å². The Balaban J connectivity index is 1.37. The number of nitrogens with zero attached hydrogens (tertiary/aromatic N) is 4. The van der Waals surface area contributed by atoms with Crippen LogP contribution in [0, 0.1) is 5.82 Å². The molecule has 0 radical (unpaired) electrons. The van der Waals surface area contributed by atoms with Gasteiger partial charge in [0.25, 0.3) is 5.91 Å². The van der Waals surface area contributed by atoms with Gasteiger partial charge in [-0.1, -0.05) is 36.0 Å². The highest BCUT2D eigenvalue weighted by molar-refractivity contribution is 7.98. The van der Waals surface area contributed by atoms with E-state index in [1.807, 2.05) is 18.2 Å². The Hall–Kier alpha value is -4.24. The van der Waals surface area contributed by atoms with Crippen LogP contribution in [0.5, 0.6) is 0 Å². The molecule has 0 saturated heterocycles. The number of thioether (sulfide) groups is 1. The van der Waals surface area contributed by atoms with Crippen molar-refractivity contribution in [3.05, 3.63) is 114 Å². The number of benzene rings is 2. The molecule has 0 aliphatic heterocycles. The molecule has 9 heteroatoms. The quantitative estimate of drug-likeness (QED) is 0.301. The van der Waals surface area contributed by atoms with Gasteiger partial charge in [-0.15, -0.1) is 10.2 Å². The highest BCUT2D eigenvalue weighted by Gasteiger charge is 2.19. The van der Waals surface area contributed by atoms with Gasteiger partial charge in [-0.25, -0.2) is 4.39 Å². The van der Waals surface area contributed by atoms with Crippen molar-refractivity contribution in [2.45, 2.75) is 17.5 Å². The molecule has 0 aliphatic rings. The summed E-state index contributed by atoms with van der Waals surface area (Å²) in [5, 5.41) is 12.1. The van der Waals surface area contributed by atoms with Crippen LogP contribution in [-0.4, -0.2) is 25.7 Å². The lowest BCUT2D eigenvalue weighted by atomic mass is 10.1. The Labute approximate surface area is 205 Å². The van der Waals surface area contributed by atoms with E-state index in [4.69, 9.17) is 4.42 Å². The largest absolute Gasteiger partial charge is 0.467 e. The molecule has 5 rings (SSSR count). The van der Waals surface area contributed by atoms with E-state index in [0.29, 0.717) is 40.3 Å². The number of carbonyl (C=O) groups excluding carboxylic acids is 1. The topological polar surface area (TPSA) is 85.8 Å². The van der Waals surface area contributed by atoms with Crippen LogP contribution in [0.15, 0.2) is 101 Å². The maximum absolute atomic E-state index is 14.8. The number of hydrogen-bond donors (Lipinski definition) is 1. The van der Waals surface area contributed by atoms with E-state index >= 15 is 0 Å². The molecule has 0 spiro atoms. The number of carbonyl (C=O) groups is 1. The van der Waals surface area contributed by atoms with Crippen molar-refractivity contribution in [3.63, 3.8) is 0 Å². The molecule has 0 atom stereocenters. The third kappa shape index (κ3) is 5.15. The molecule has 1 amide bonds. The van der Waals surface area contributed by atoms with E-state index in [9.17, 15) is 9.18 Å². The first kappa shape index (κ1) is 22.5. The van der Waals surface area contributed by atoms with Gasteiger partial charge in [0, 0.05) is 29.3 Å². The molecule has 0 saturated carbocycles. The number of nitrogens with one attached hydrogen (secondary N) is 1. The average molecular weight is 486 g/mol. The molecule has 1 N–H and O–H groups in total. The van der Waals surface area contributed by atoms with Crippen molar-refractivity contribution in [2.24, 2.45) is 0 Å². The van der Waals surface area contributed by atoms with Crippen molar-refractivity contribution in [1.82, 2.24) is 25.1 Å². The van der Waals surface area contributed by atoms with Crippen LogP contribution in [0.25, 0.3) is 17.1 Å². The standard InChI is InChI=1S/C26H20FN5O2S/c27-22-8-1-2-9-23(22)32-24(19-10-12-28-13-11-19)30-31-26(32)35-17-18-5-3-6-20(15-18)25(33)29-16-21-7-4-14-34-21/h1-15H,16-17H2,(H,29,33). The first-order valence-electron chi connectivity index (χ1n) is 10.8. The number of rotatable bonds is 8. The molecule has 174 valence electrons. The molecular formula is C26H20FN5O2S. The second-order valence-corrected chi connectivity index (χ2v) is 8.52. The normalized spacial score (nSPS) is 10.9. The number of halogens is 1. The SMILES string of the molecule is O=C(NCc1ccco1)c1cccc(CSc2nnc(-c3ccncc3)n2-c2ccccc2F)c1. The molecule has 0 aliphatic carbocycles. The van der Waals surface area contributed by atoms with Crippen LogP contribution in [0.1, 0.15) is 21.7 Å². The molecule has 3 aromatic heterocycles. The number of hydrogen-bond acceptors (Lipinski definition) is 6. The first-order chi connectivity index (χ1) is 17.2. The summed E-state index contributed by atoms with van der Waals surface area (Å²) >= 11 is 1.41. The summed E-state index contributed by atoms with van der Waals surface area (Å²) in [4.78, 5) is 16.6. The fraction of sp³-hybridized carbons (Fsp3) is 0.0769. The lowest BCUT2D eigenvalue weighted by Gasteiger charge is -2.11. The van der Waals surface area contributed by atoms with E-state index in [1.54, 1.807) is 71.8 Å². The van der Waals surface area contributed by atoms with Gasteiger partial charge in [0.2, 0.25) is 0 Å². The minimum absolute atomic E-state index is 0.192. The van der Waals surface area contributed by atoms with Crippen molar-refractivity contribution in [1.29, 1.82) is 0 Å². The van der Waals surface area contributed by atoms with Crippen molar-refractivity contribution >= 4 is 17.7 Å². The summed E-state index contributed by atoms with van der Waals surface area (Å²) in [6.45, 7) is 0.314. The average Bonchev–Trinajstić information content (AvgIpc) is 3.57. The number of para-hydroxylation sites is 1. The number of amides is 1. The van der Waals surface area contributed by atoms with Gasteiger partial charge in [-0.2, -0.15) is 0 Å². The molecule has 0 fully saturated rings. The van der Waals surface area contributed by atoms with Crippen LogP contribution in [0.3, 0.4) is 0 Å². The third-order valence-corrected chi connectivity index (χ3v) is 6.23. The minimum Gasteiger partial charge on any atom is -0.467 e. The lowest BCUT2D eigenvalue weighted by molar-refractivity contribution is 0.0948. The molecule has 2 aromatic carbocycles. The zero-order valence-corrected chi connectivity index (χ0v) is 19.3. The molecule has 7 nitrogen and oxygen atoms in total. The summed E-state index contributed by atoms with van der Waals surface area (Å²) in [7, 11) is 0. The summed E-state index contributed by atoms with van der Waals surface area (Å²) < 4.78 is 21.7. The van der Waals surface area contributed by atoms with Gasteiger partial charge >= 0.3 is 0 Å². The van der Waals surface area contributed by atoms with E-state index in [0.717, 1.165) is 11.1 Å². The monoisotopic (exact) mass is 485 g/mol. The predicted molar refractivity (Wildman–Crippen MR) is 130 cm³/mol. The van der Waals surface area contributed by atoms with Crippen LogP contribution in [-0.2, 0) is 12.3 Å². The smallest absolute Gasteiger partial charge is 0.251 e. The van der Waals surface area contributed by atoms with Gasteiger partial charge in [0.1, 0.15) is 11.6 Å². The minimum atomic E-state index is -0.375. The highest BCUT2D eigenvalue weighted by Crippen LogP contribution is 2.30. The summed E-state index contributed by atoms with van der Waals surface area (Å²) in [6, 6.07) is 21.1. The fourth-order valence-corrected chi connectivity index (χ4v) is 4.42. The highest BCUT2D eigenvalue weighted by atomic mass is 32.2. The van der Waals surface area contributed by atoms with Gasteiger partial charge in [-0.3, -0.25) is 14.3 Å². The molecule has 0 bridgehead atoms. The molecule has 35 heavy (non-hydrogen) atoms. The van der Waals surface area contributed by atoms with Gasteiger partial charge in [0.05, 0.1) is 18.5 Å². The summed E-state index contributed by atoms with van der Waals surface area (Å²) in [5.41, 5.74) is 2.60. The Bertz CT molecular complexity index is 1440. The van der Waals surface area contributed by atoms with Gasteiger partial charge < -0.3 is 9.73 Å². The molecule has 5 aromatic rings. The fourth-order valence-electron chi connectivity index (χ4n) is 3.53. The second kappa shape index (κ2) is 10.4. The summed E-state index contributed by atoms with van der Waals surface area (Å²) in [6.07, 6.45) is 4.88. The van der Waals surface area contributed by atoms with Crippen molar-refractivity contribution < 1.29 is 13.6 Å². The zero-order chi connectivity index (χ0) is 24.0. The van der Waals surface area contributed by atoms with Gasteiger partial charge in [-0.05, 0) is 54.1 Å². The van der Waals surface area contributed by atoms with E-state index < -0.39 is 0 Å². The second-order valence-electron chi connectivity index (χ2n) is 7.58. The van der Waals surface area contributed by atoms with Crippen LogP contribution >= 0.6 is 11.8 Å². The maximum Gasteiger partial charge on any atom is 0.251 e. The lowest BCUT2D eigenvalue weighted by Crippen LogP contribution is -2.22. The number of pyridine rings is 1. The molecule has 3 heterocycles. The maximum atomic E-state index is 14.8. The third-order valence-electron chi connectivity index (χ3n) is 5.23. The zero-order valence-electron chi connectivity index (χ0n) is 18.5. The summed E-state index contributed by atoms with van der Waals surface area (Å²) in [5.74, 6) is 1.15. The Kier molecular flexibility index (Phi) is 6.67. The van der Waals surface area contributed by atoms with Crippen LogP contribution < -0.4 is 5.32 Å².